The fourth-order valence-corrected chi connectivity index (χ4v) is 2.75. The highest BCUT2D eigenvalue weighted by Gasteiger charge is 2.26. The molecule has 1 saturated carbocycles. The van der Waals surface area contributed by atoms with Gasteiger partial charge in [-0.05, 0) is 43.4 Å². The van der Waals surface area contributed by atoms with Crippen molar-refractivity contribution in [2.75, 3.05) is 37.7 Å². The topological polar surface area (TPSA) is 70.7 Å². The molecule has 3 rings (SSSR count). The van der Waals surface area contributed by atoms with Gasteiger partial charge in [0.1, 0.15) is 0 Å². The highest BCUT2D eigenvalue weighted by atomic mass is 16.5. The van der Waals surface area contributed by atoms with E-state index >= 15 is 0 Å². The van der Waals surface area contributed by atoms with Crippen molar-refractivity contribution in [2.45, 2.75) is 31.7 Å². The molecule has 0 spiro atoms. The van der Waals surface area contributed by atoms with Gasteiger partial charge >= 0.3 is 11.8 Å². The second-order valence-corrected chi connectivity index (χ2v) is 6.37. The van der Waals surface area contributed by atoms with Crippen LogP contribution in [0.25, 0.3) is 0 Å². The molecule has 0 unspecified atom stereocenters. The van der Waals surface area contributed by atoms with Crippen molar-refractivity contribution in [2.24, 2.45) is 0 Å². The molecule has 2 fully saturated rings. The normalized spacial score (nSPS) is 17.4. The molecule has 2 amide bonds. The summed E-state index contributed by atoms with van der Waals surface area (Å²) in [4.78, 5) is 25.4. The summed E-state index contributed by atoms with van der Waals surface area (Å²) in [7, 11) is 0. The standard InChI is InChI=1S/C18H25N3O3/c22-17(18(23)20-15-5-6-15)19-9-1-2-14-3-7-16(8-4-14)21-10-12-24-13-11-21/h3-4,7-8,15H,1-2,5-6,9-13H2,(H,19,22)(H,20,23). The van der Waals surface area contributed by atoms with Crippen molar-refractivity contribution in [1.29, 1.82) is 0 Å². The molecule has 1 heterocycles. The first-order valence-electron chi connectivity index (χ1n) is 8.73. The monoisotopic (exact) mass is 331 g/mol. The number of morpholine rings is 1. The van der Waals surface area contributed by atoms with Gasteiger partial charge < -0.3 is 20.3 Å². The molecule has 0 atom stereocenters. The number of carbonyl (C=O) groups excluding carboxylic acids is 2. The summed E-state index contributed by atoms with van der Waals surface area (Å²) in [6, 6.07) is 8.76. The molecule has 130 valence electrons. The molecule has 6 heteroatoms. The summed E-state index contributed by atoms with van der Waals surface area (Å²) in [5, 5.41) is 5.36. The minimum absolute atomic E-state index is 0.216. The van der Waals surface area contributed by atoms with Gasteiger partial charge in [-0.25, -0.2) is 0 Å². The summed E-state index contributed by atoms with van der Waals surface area (Å²) in [6.45, 7) is 3.97. The van der Waals surface area contributed by atoms with Crippen molar-refractivity contribution in [3.05, 3.63) is 29.8 Å². The van der Waals surface area contributed by atoms with Crippen LogP contribution in [0.1, 0.15) is 24.8 Å². The Kier molecular flexibility index (Phi) is 5.69. The fourth-order valence-electron chi connectivity index (χ4n) is 2.75. The van der Waals surface area contributed by atoms with Crippen molar-refractivity contribution in [3.8, 4) is 0 Å². The maximum Gasteiger partial charge on any atom is 0.309 e. The lowest BCUT2D eigenvalue weighted by Crippen LogP contribution is -2.41. The molecule has 0 radical (unpaired) electrons. The lowest BCUT2D eigenvalue weighted by atomic mass is 10.1. The van der Waals surface area contributed by atoms with Crippen molar-refractivity contribution in [3.63, 3.8) is 0 Å². The number of aryl methyl sites for hydroxylation is 1. The van der Waals surface area contributed by atoms with Gasteiger partial charge in [0.25, 0.3) is 0 Å². The molecular weight excluding hydrogens is 306 g/mol. The maximum absolute atomic E-state index is 11.6. The summed E-state index contributed by atoms with van der Waals surface area (Å²) in [5.74, 6) is -1.03. The molecule has 1 saturated heterocycles. The summed E-state index contributed by atoms with van der Waals surface area (Å²) in [5.41, 5.74) is 2.47. The van der Waals surface area contributed by atoms with Crippen LogP contribution in [0.3, 0.4) is 0 Å². The van der Waals surface area contributed by atoms with Gasteiger partial charge in [-0.2, -0.15) is 0 Å². The molecule has 24 heavy (non-hydrogen) atoms. The molecule has 1 aliphatic carbocycles. The van der Waals surface area contributed by atoms with E-state index < -0.39 is 11.8 Å². The summed E-state index contributed by atoms with van der Waals surface area (Å²) in [6.07, 6.45) is 3.67. The Morgan fingerprint density at radius 2 is 1.79 bits per heavy atom. The quantitative estimate of drug-likeness (QED) is 0.599. The number of benzene rings is 1. The van der Waals surface area contributed by atoms with E-state index in [0.717, 1.165) is 52.0 Å². The van der Waals surface area contributed by atoms with E-state index in [2.05, 4.69) is 39.8 Å². The van der Waals surface area contributed by atoms with Gasteiger partial charge in [0.2, 0.25) is 0 Å². The van der Waals surface area contributed by atoms with E-state index in [-0.39, 0.29) is 6.04 Å². The lowest BCUT2D eigenvalue weighted by molar-refractivity contribution is -0.139. The predicted octanol–water partition coefficient (Wildman–Crippen LogP) is 0.851. The van der Waals surface area contributed by atoms with Gasteiger partial charge in [0.15, 0.2) is 0 Å². The predicted molar refractivity (Wildman–Crippen MR) is 92.0 cm³/mol. The van der Waals surface area contributed by atoms with Gasteiger partial charge in [-0.1, -0.05) is 12.1 Å². The van der Waals surface area contributed by atoms with Gasteiger partial charge in [0, 0.05) is 31.4 Å². The van der Waals surface area contributed by atoms with Crippen molar-refractivity contribution >= 4 is 17.5 Å². The van der Waals surface area contributed by atoms with Crippen LogP contribution in [0.2, 0.25) is 0 Å². The molecule has 1 aromatic rings. The minimum atomic E-state index is -0.524. The summed E-state index contributed by atoms with van der Waals surface area (Å²) >= 11 is 0. The van der Waals surface area contributed by atoms with Crippen LogP contribution in [0, 0.1) is 0 Å². The Hall–Kier alpha value is -2.08. The zero-order valence-electron chi connectivity index (χ0n) is 13.9. The number of hydrogen-bond donors (Lipinski definition) is 2. The number of hydrogen-bond acceptors (Lipinski definition) is 4. The average Bonchev–Trinajstić information content (AvgIpc) is 3.44. The summed E-state index contributed by atoms with van der Waals surface area (Å²) < 4.78 is 5.37. The second-order valence-electron chi connectivity index (χ2n) is 6.37. The van der Waals surface area contributed by atoms with E-state index in [1.165, 1.54) is 11.3 Å². The fraction of sp³-hybridized carbons (Fsp3) is 0.556. The smallest absolute Gasteiger partial charge is 0.309 e. The van der Waals surface area contributed by atoms with Crippen molar-refractivity contribution in [1.82, 2.24) is 10.6 Å². The second kappa shape index (κ2) is 8.15. The Morgan fingerprint density at radius 3 is 2.46 bits per heavy atom. The molecule has 0 aromatic heterocycles. The van der Waals surface area contributed by atoms with E-state index in [4.69, 9.17) is 4.74 Å². The Labute approximate surface area is 142 Å². The maximum atomic E-state index is 11.6. The zero-order valence-corrected chi connectivity index (χ0v) is 13.9. The first-order valence-corrected chi connectivity index (χ1v) is 8.73. The lowest BCUT2D eigenvalue weighted by Gasteiger charge is -2.28. The number of rotatable bonds is 6. The van der Waals surface area contributed by atoms with Crippen LogP contribution in [0.15, 0.2) is 24.3 Å². The number of nitrogens with one attached hydrogen (secondary N) is 2. The van der Waals surface area contributed by atoms with E-state index in [0.29, 0.717) is 6.54 Å². The number of ether oxygens (including phenoxy) is 1. The Morgan fingerprint density at radius 1 is 1.08 bits per heavy atom. The highest BCUT2D eigenvalue weighted by Crippen LogP contribution is 2.18. The van der Waals surface area contributed by atoms with Crippen LogP contribution >= 0.6 is 0 Å². The van der Waals surface area contributed by atoms with E-state index in [1.54, 1.807) is 0 Å². The molecule has 1 aliphatic heterocycles. The van der Waals surface area contributed by atoms with Crippen LogP contribution in [0.4, 0.5) is 5.69 Å². The third kappa shape index (κ3) is 4.96. The number of carbonyl (C=O) groups is 2. The average molecular weight is 331 g/mol. The van der Waals surface area contributed by atoms with Crippen molar-refractivity contribution < 1.29 is 14.3 Å². The van der Waals surface area contributed by atoms with Crippen LogP contribution in [-0.4, -0.2) is 50.7 Å². The van der Waals surface area contributed by atoms with Crippen LogP contribution in [-0.2, 0) is 20.7 Å². The molecule has 6 nitrogen and oxygen atoms in total. The van der Waals surface area contributed by atoms with Gasteiger partial charge in [-0.15, -0.1) is 0 Å². The van der Waals surface area contributed by atoms with Gasteiger partial charge in [0.05, 0.1) is 13.2 Å². The number of amides is 2. The molecule has 0 bridgehead atoms. The van der Waals surface area contributed by atoms with Crippen LogP contribution < -0.4 is 15.5 Å². The molecular formula is C18H25N3O3. The SMILES string of the molecule is O=C(NCCCc1ccc(N2CCOCC2)cc1)C(=O)NC1CC1. The van der Waals surface area contributed by atoms with E-state index in [9.17, 15) is 9.59 Å². The Balaban J connectivity index is 1.35. The largest absolute Gasteiger partial charge is 0.378 e. The minimum Gasteiger partial charge on any atom is -0.378 e. The highest BCUT2D eigenvalue weighted by molar-refractivity contribution is 6.35. The Bertz CT molecular complexity index is 563. The number of anilines is 1. The molecule has 2 aliphatic rings. The first-order chi connectivity index (χ1) is 11.7. The first kappa shape index (κ1) is 16.8. The molecule has 2 N–H and O–H groups in total. The zero-order chi connectivity index (χ0) is 16.8. The third-order valence-corrected chi connectivity index (χ3v) is 4.36. The van der Waals surface area contributed by atoms with E-state index in [1.807, 2.05) is 0 Å². The van der Waals surface area contributed by atoms with Crippen LogP contribution in [0.5, 0.6) is 0 Å². The number of nitrogens with zero attached hydrogens (tertiary/aromatic N) is 1. The van der Waals surface area contributed by atoms with Gasteiger partial charge in [-0.3, -0.25) is 9.59 Å². The molecule has 1 aromatic carbocycles. The third-order valence-electron chi connectivity index (χ3n) is 4.36.